The maximum absolute atomic E-state index is 14.4. The first-order valence-corrected chi connectivity index (χ1v) is 8.66. The van der Waals surface area contributed by atoms with Gasteiger partial charge in [0, 0.05) is 10.8 Å². The molecule has 0 aliphatic carbocycles. The van der Waals surface area contributed by atoms with Crippen molar-refractivity contribution in [3.05, 3.63) is 40.5 Å². The number of thioether (sulfide) groups is 1. The van der Waals surface area contributed by atoms with Crippen molar-refractivity contribution in [3.63, 3.8) is 0 Å². The van der Waals surface area contributed by atoms with Crippen molar-refractivity contribution in [3.8, 4) is 11.1 Å². The number of hydrogen-bond donors (Lipinski definition) is 0. The van der Waals surface area contributed by atoms with Crippen LogP contribution >= 0.6 is 35.0 Å². The molecule has 0 fully saturated rings. The Labute approximate surface area is 147 Å². The van der Waals surface area contributed by atoms with Gasteiger partial charge in [0.2, 0.25) is 0 Å². The van der Waals surface area contributed by atoms with Crippen LogP contribution in [0.1, 0.15) is 20.3 Å². The zero-order valence-electron chi connectivity index (χ0n) is 12.4. The maximum Gasteiger partial charge on any atom is 0.254 e. The molecule has 4 nitrogen and oxygen atoms in total. The van der Waals surface area contributed by atoms with E-state index in [0.717, 1.165) is 6.42 Å². The molecule has 0 N–H and O–H groups in total. The molecular formula is C15H13Cl2FN4S. The molecule has 0 saturated heterocycles. The van der Waals surface area contributed by atoms with E-state index in [1.165, 1.54) is 12.4 Å². The van der Waals surface area contributed by atoms with E-state index in [2.05, 4.69) is 28.9 Å². The van der Waals surface area contributed by atoms with Gasteiger partial charge in [0.05, 0.1) is 10.6 Å². The van der Waals surface area contributed by atoms with Crippen molar-refractivity contribution in [1.29, 1.82) is 0 Å². The van der Waals surface area contributed by atoms with E-state index in [0.29, 0.717) is 16.4 Å². The molecule has 0 amide bonds. The molecule has 0 aliphatic rings. The second kappa shape index (κ2) is 6.63. The lowest BCUT2D eigenvalue weighted by atomic mass is 10.1. The molecule has 2 aromatic heterocycles. The summed E-state index contributed by atoms with van der Waals surface area (Å²) in [6.45, 7) is 4.16. The predicted octanol–water partition coefficient (Wildman–Crippen LogP) is 5.13. The number of hydrogen-bond acceptors (Lipinski definition) is 4. The molecule has 0 spiro atoms. The van der Waals surface area contributed by atoms with Crippen LogP contribution in [0, 0.1) is 5.82 Å². The highest BCUT2D eigenvalue weighted by Gasteiger charge is 2.23. The van der Waals surface area contributed by atoms with E-state index in [-0.39, 0.29) is 21.0 Å². The Morgan fingerprint density at radius 2 is 2.09 bits per heavy atom. The number of aromatic nitrogens is 4. The van der Waals surface area contributed by atoms with Crippen molar-refractivity contribution in [1.82, 2.24) is 19.6 Å². The summed E-state index contributed by atoms with van der Waals surface area (Å²) in [6.07, 6.45) is 2.33. The lowest BCUT2D eigenvalue weighted by molar-refractivity contribution is 0.630. The van der Waals surface area contributed by atoms with Gasteiger partial charge in [-0.3, -0.25) is 0 Å². The lowest BCUT2D eigenvalue weighted by Gasteiger charge is -2.16. The molecule has 3 rings (SSSR count). The molecule has 0 radical (unpaired) electrons. The summed E-state index contributed by atoms with van der Waals surface area (Å²) < 4.78 is 16.0. The topological polar surface area (TPSA) is 43.1 Å². The zero-order chi connectivity index (χ0) is 16.6. The number of rotatable bonds is 4. The summed E-state index contributed by atoms with van der Waals surface area (Å²) >= 11 is 14.1. The van der Waals surface area contributed by atoms with E-state index in [9.17, 15) is 4.39 Å². The van der Waals surface area contributed by atoms with Crippen LogP contribution in [0.2, 0.25) is 10.2 Å². The fraction of sp³-hybridized carbons (Fsp3) is 0.267. The third kappa shape index (κ3) is 3.03. The molecule has 1 atom stereocenters. The molecule has 0 aliphatic heterocycles. The van der Waals surface area contributed by atoms with Gasteiger partial charge in [-0.15, -0.1) is 11.8 Å². The van der Waals surface area contributed by atoms with Gasteiger partial charge < -0.3 is 0 Å². The monoisotopic (exact) mass is 370 g/mol. The second-order valence-corrected chi connectivity index (χ2v) is 7.18. The number of fused-ring (bicyclic) bond motifs is 1. The molecule has 1 unspecified atom stereocenters. The van der Waals surface area contributed by atoms with Gasteiger partial charge in [0.25, 0.3) is 5.78 Å². The summed E-state index contributed by atoms with van der Waals surface area (Å²) in [5.41, 5.74) is 0.674. The second-order valence-electron chi connectivity index (χ2n) is 4.99. The van der Waals surface area contributed by atoms with Crippen molar-refractivity contribution in [2.75, 3.05) is 0 Å². The van der Waals surface area contributed by atoms with Crippen LogP contribution in [0.25, 0.3) is 16.9 Å². The zero-order valence-corrected chi connectivity index (χ0v) is 14.8. The summed E-state index contributed by atoms with van der Waals surface area (Å²) in [4.78, 5) is 8.27. The van der Waals surface area contributed by atoms with Crippen molar-refractivity contribution >= 4 is 40.7 Å². The predicted molar refractivity (Wildman–Crippen MR) is 91.8 cm³/mol. The number of nitrogens with zero attached hydrogens (tertiary/aromatic N) is 4. The molecular weight excluding hydrogens is 358 g/mol. The molecule has 2 heterocycles. The molecule has 0 bridgehead atoms. The minimum Gasteiger partial charge on any atom is -0.206 e. The van der Waals surface area contributed by atoms with Crippen LogP contribution in [0.15, 0.2) is 29.6 Å². The van der Waals surface area contributed by atoms with Gasteiger partial charge in [0.1, 0.15) is 22.3 Å². The largest absolute Gasteiger partial charge is 0.254 e. The van der Waals surface area contributed by atoms with Gasteiger partial charge in [-0.2, -0.15) is 19.6 Å². The quantitative estimate of drug-likeness (QED) is 0.471. The summed E-state index contributed by atoms with van der Waals surface area (Å²) in [5, 5.41) is 5.59. The highest BCUT2D eigenvalue weighted by molar-refractivity contribution is 8.00. The first-order chi connectivity index (χ1) is 11.0. The fourth-order valence-electron chi connectivity index (χ4n) is 2.12. The molecule has 8 heteroatoms. The van der Waals surface area contributed by atoms with E-state index in [1.54, 1.807) is 28.4 Å². The summed E-state index contributed by atoms with van der Waals surface area (Å²) in [7, 11) is 0. The van der Waals surface area contributed by atoms with E-state index in [1.807, 2.05) is 0 Å². The standard InChI is InChI=1S/C15H13Cl2FN4S/c1-3-8(2)23-14-12(11-9(16)5-4-6-10(11)18)13(17)21-15-19-7-20-22(14)15/h4-8H,3H2,1-2H3. The van der Waals surface area contributed by atoms with Crippen LogP contribution in [0.4, 0.5) is 4.39 Å². The average molecular weight is 371 g/mol. The van der Waals surface area contributed by atoms with E-state index in [4.69, 9.17) is 23.2 Å². The summed E-state index contributed by atoms with van der Waals surface area (Å²) in [5.74, 6) is -0.0799. The average Bonchev–Trinajstić information content (AvgIpc) is 2.97. The first kappa shape index (κ1) is 16.5. The Balaban J connectivity index is 2.34. The Kier molecular flexibility index (Phi) is 4.75. The van der Waals surface area contributed by atoms with Gasteiger partial charge in [-0.25, -0.2) is 4.39 Å². The molecule has 120 valence electrons. The minimum atomic E-state index is -0.452. The van der Waals surface area contributed by atoms with Crippen LogP contribution in [-0.2, 0) is 0 Å². The SMILES string of the molecule is CCC(C)Sc1c(-c2c(F)cccc2Cl)c(Cl)nc2ncnn12. The third-order valence-electron chi connectivity index (χ3n) is 3.44. The van der Waals surface area contributed by atoms with Crippen molar-refractivity contribution < 1.29 is 4.39 Å². The summed E-state index contributed by atoms with van der Waals surface area (Å²) in [6, 6.07) is 4.53. The Morgan fingerprint density at radius 1 is 1.30 bits per heavy atom. The van der Waals surface area contributed by atoms with Gasteiger partial charge >= 0.3 is 0 Å². The highest BCUT2D eigenvalue weighted by atomic mass is 35.5. The molecule has 23 heavy (non-hydrogen) atoms. The van der Waals surface area contributed by atoms with Gasteiger partial charge in [-0.1, -0.05) is 43.1 Å². The van der Waals surface area contributed by atoms with Crippen LogP contribution in [0.3, 0.4) is 0 Å². The Hall–Kier alpha value is -1.37. The number of halogens is 3. The molecule has 0 saturated carbocycles. The highest BCUT2D eigenvalue weighted by Crippen LogP contribution is 2.42. The van der Waals surface area contributed by atoms with Gasteiger partial charge in [-0.05, 0) is 18.6 Å². The van der Waals surface area contributed by atoms with Crippen LogP contribution in [0.5, 0.6) is 0 Å². The van der Waals surface area contributed by atoms with E-state index >= 15 is 0 Å². The van der Waals surface area contributed by atoms with Crippen molar-refractivity contribution in [2.24, 2.45) is 0 Å². The van der Waals surface area contributed by atoms with Crippen LogP contribution < -0.4 is 0 Å². The van der Waals surface area contributed by atoms with Gasteiger partial charge in [0.15, 0.2) is 0 Å². The maximum atomic E-state index is 14.4. The Morgan fingerprint density at radius 3 is 2.78 bits per heavy atom. The fourth-order valence-corrected chi connectivity index (χ4v) is 3.79. The lowest BCUT2D eigenvalue weighted by Crippen LogP contribution is -2.04. The minimum absolute atomic E-state index is 0.156. The third-order valence-corrected chi connectivity index (χ3v) is 5.37. The van der Waals surface area contributed by atoms with E-state index < -0.39 is 5.82 Å². The number of benzene rings is 1. The van der Waals surface area contributed by atoms with Crippen molar-refractivity contribution in [2.45, 2.75) is 30.5 Å². The molecule has 3 aromatic rings. The molecule has 1 aromatic carbocycles. The van der Waals surface area contributed by atoms with Crippen LogP contribution in [-0.4, -0.2) is 24.8 Å². The Bertz CT molecular complexity index is 848. The smallest absolute Gasteiger partial charge is 0.206 e. The normalized spacial score (nSPS) is 12.7. The first-order valence-electron chi connectivity index (χ1n) is 7.03.